The molecule has 0 bridgehead atoms. The van der Waals surface area contributed by atoms with Gasteiger partial charge in [0.2, 0.25) is 0 Å². The Hall–Kier alpha value is -0.580. The van der Waals surface area contributed by atoms with E-state index in [1.807, 2.05) is 0 Å². The summed E-state index contributed by atoms with van der Waals surface area (Å²) in [6, 6.07) is 8.57. The molecule has 0 unspecified atom stereocenters. The number of nitrogens with zero attached hydrogens (tertiary/aromatic N) is 2. The summed E-state index contributed by atoms with van der Waals surface area (Å²) >= 11 is 0. The molecule has 0 fully saturated rings. The van der Waals surface area contributed by atoms with Crippen molar-refractivity contribution in [1.29, 1.82) is 0 Å². The number of hydrogen-bond acceptors (Lipinski definition) is 0. The quantitative estimate of drug-likeness (QED) is 0.595. The summed E-state index contributed by atoms with van der Waals surface area (Å²) < 4.78 is 4.64. The summed E-state index contributed by atoms with van der Waals surface area (Å²) in [5.41, 5.74) is 2.66. The van der Waals surface area contributed by atoms with Gasteiger partial charge in [-0.3, -0.25) is 0 Å². The van der Waals surface area contributed by atoms with E-state index in [1.54, 1.807) is 0 Å². The first-order valence-electron chi connectivity index (χ1n) is 5.19. The normalized spacial score (nSPS) is 10.3. The minimum Gasteiger partial charge on any atom is -0.230 e. The van der Waals surface area contributed by atoms with Gasteiger partial charge >= 0.3 is 0 Å². The molecule has 15 heavy (non-hydrogen) atoms. The molecule has 0 aliphatic carbocycles. The molecule has 0 saturated carbocycles. The van der Waals surface area contributed by atoms with Gasteiger partial charge in [0.05, 0.1) is 13.6 Å². The van der Waals surface area contributed by atoms with Crippen molar-refractivity contribution in [2.24, 2.45) is 7.05 Å². The molecule has 1 heterocycles. The number of para-hydroxylation sites is 2. The number of halogens is 1. The van der Waals surface area contributed by atoms with E-state index in [2.05, 4.69) is 54.3 Å². The molecular formula is C12H18IN2+. The number of imidazole rings is 1. The predicted molar refractivity (Wildman–Crippen MR) is 73.6 cm³/mol. The highest BCUT2D eigenvalue weighted by molar-refractivity contribution is 14.0. The molecule has 0 aliphatic rings. The van der Waals surface area contributed by atoms with Crippen molar-refractivity contribution in [2.75, 3.05) is 0 Å². The summed E-state index contributed by atoms with van der Waals surface area (Å²) in [4.78, 5) is 0. The van der Waals surface area contributed by atoms with Gasteiger partial charge in [-0.15, -0.1) is 24.0 Å². The van der Waals surface area contributed by atoms with Gasteiger partial charge in [0, 0.05) is 6.92 Å². The monoisotopic (exact) mass is 317 g/mol. The number of hydrogen-bond donors (Lipinski definition) is 0. The smallest absolute Gasteiger partial charge is 0.230 e. The SMILES string of the molecule is CCCn1c(C)[n+](C)c2ccccc21.I. The van der Waals surface area contributed by atoms with Gasteiger partial charge in [-0.05, 0) is 18.6 Å². The third-order valence-electron chi connectivity index (χ3n) is 2.86. The zero-order valence-electron chi connectivity index (χ0n) is 9.53. The molecule has 2 rings (SSSR count). The summed E-state index contributed by atoms with van der Waals surface area (Å²) in [6.07, 6.45) is 1.18. The summed E-state index contributed by atoms with van der Waals surface area (Å²) in [5, 5.41) is 0. The van der Waals surface area contributed by atoms with Crippen molar-refractivity contribution in [1.82, 2.24) is 4.57 Å². The lowest BCUT2D eigenvalue weighted by Gasteiger charge is -1.95. The van der Waals surface area contributed by atoms with Gasteiger partial charge in [0.25, 0.3) is 5.82 Å². The molecule has 0 radical (unpaired) electrons. The third-order valence-corrected chi connectivity index (χ3v) is 2.86. The Morgan fingerprint density at radius 2 is 1.93 bits per heavy atom. The van der Waals surface area contributed by atoms with Crippen LogP contribution in [-0.2, 0) is 13.6 Å². The third kappa shape index (κ3) is 2.02. The first kappa shape index (κ1) is 12.5. The number of benzene rings is 1. The standard InChI is InChI=1S/C12H17N2.HI/c1-4-9-14-10(2)13(3)11-7-5-6-8-12(11)14;/h5-8H,4,9H2,1-3H3;1H/q+1;. The molecule has 82 valence electrons. The second-order valence-electron chi connectivity index (χ2n) is 3.75. The van der Waals surface area contributed by atoms with Crippen LogP contribution in [0.2, 0.25) is 0 Å². The molecule has 0 saturated heterocycles. The number of aryl methyl sites for hydroxylation is 2. The lowest BCUT2D eigenvalue weighted by Crippen LogP contribution is -2.30. The Labute approximate surface area is 108 Å². The van der Waals surface area contributed by atoms with Crippen molar-refractivity contribution in [2.45, 2.75) is 26.8 Å². The Morgan fingerprint density at radius 1 is 1.27 bits per heavy atom. The van der Waals surface area contributed by atoms with Crippen LogP contribution >= 0.6 is 24.0 Å². The molecule has 1 aromatic carbocycles. The molecule has 0 spiro atoms. The van der Waals surface area contributed by atoms with E-state index in [4.69, 9.17) is 0 Å². The largest absolute Gasteiger partial charge is 0.253 e. The second kappa shape index (κ2) is 4.96. The first-order chi connectivity index (χ1) is 6.75. The van der Waals surface area contributed by atoms with Crippen LogP contribution in [0.4, 0.5) is 0 Å². The van der Waals surface area contributed by atoms with Crippen LogP contribution in [0.25, 0.3) is 11.0 Å². The maximum absolute atomic E-state index is 2.38. The zero-order valence-corrected chi connectivity index (χ0v) is 11.9. The lowest BCUT2D eigenvalue weighted by molar-refractivity contribution is -0.652. The molecule has 0 aliphatic heterocycles. The summed E-state index contributed by atoms with van der Waals surface area (Å²) in [6.45, 7) is 5.50. The van der Waals surface area contributed by atoms with E-state index in [1.165, 1.54) is 23.3 Å². The Bertz CT molecular complexity index is 460. The minimum atomic E-state index is 0. The van der Waals surface area contributed by atoms with Crippen molar-refractivity contribution in [3.63, 3.8) is 0 Å². The Kier molecular flexibility index (Phi) is 4.13. The highest BCUT2D eigenvalue weighted by atomic mass is 127. The predicted octanol–water partition coefficient (Wildman–Crippen LogP) is 2.80. The van der Waals surface area contributed by atoms with E-state index < -0.39 is 0 Å². The van der Waals surface area contributed by atoms with E-state index in [0.717, 1.165) is 6.54 Å². The molecule has 0 amide bonds. The average molecular weight is 317 g/mol. The van der Waals surface area contributed by atoms with Crippen LogP contribution in [0.15, 0.2) is 24.3 Å². The molecule has 0 atom stereocenters. The summed E-state index contributed by atoms with van der Waals surface area (Å²) in [5.74, 6) is 1.33. The fourth-order valence-corrected chi connectivity index (χ4v) is 2.01. The number of rotatable bonds is 2. The van der Waals surface area contributed by atoms with Crippen LogP contribution in [0, 0.1) is 6.92 Å². The minimum absolute atomic E-state index is 0. The van der Waals surface area contributed by atoms with E-state index in [-0.39, 0.29) is 24.0 Å². The van der Waals surface area contributed by atoms with Gasteiger partial charge in [0.1, 0.15) is 0 Å². The van der Waals surface area contributed by atoms with Gasteiger partial charge in [-0.25, -0.2) is 9.13 Å². The van der Waals surface area contributed by atoms with E-state index in [0.29, 0.717) is 0 Å². The van der Waals surface area contributed by atoms with E-state index >= 15 is 0 Å². The fourth-order valence-electron chi connectivity index (χ4n) is 2.01. The van der Waals surface area contributed by atoms with Crippen LogP contribution in [-0.4, -0.2) is 4.57 Å². The molecule has 1 aromatic heterocycles. The van der Waals surface area contributed by atoms with Crippen molar-refractivity contribution < 1.29 is 4.57 Å². The topological polar surface area (TPSA) is 8.81 Å². The lowest BCUT2D eigenvalue weighted by atomic mass is 10.3. The van der Waals surface area contributed by atoms with Crippen molar-refractivity contribution in [3.8, 4) is 0 Å². The maximum atomic E-state index is 2.38. The molecule has 3 heteroatoms. The fraction of sp³-hybridized carbons (Fsp3) is 0.417. The van der Waals surface area contributed by atoms with Crippen LogP contribution in [0.3, 0.4) is 0 Å². The summed E-state index contributed by atoms with van der Waals surface area (Å²) in [7, 11) is 2.13. The van der Waals surface area contributed by atoms with Crippen LogP contribution < -0.4 is 4.57 Å². The highest BCUT2D eigenvalue weighted by Crippen LogP contribution is 2.13. The van der Waals surface area contributed by atoms with Crippen molar-refractivity contribution in [3.05, 3.63) is 30.1 Å². The van der Waals surface area contributed by atoms with Gasteiger partial charge in [-0.1, -0.05) is 19.1 Å². The average Bonchev–Trinajstić information content (AvgIpc) is 2.45. The number of fused-ring (bicyclic) bond motifs is 1. The first-order valence-corrected chi connectivity index (χ1v) is 5.19. The highest BCUT2D eigenvalue weighted by Gasteiger charge is 2.16. The van der Waals surface area contributed by atoms with Crippen LogP contribution in [0.1, 0.15) is 19.2 Å². The van der Waals surface area contributed by atoms with Gasteiger partial charge in [0.15, 0.2) is 11.0 Å². The van der Waals surface area contributed by atoms with Gasteiger partial charge in [-0.2, -0.15) is 0 Å². The molecule has 0 N–H and O–H groups in total. The zero-order chi connectivity index (χ0) is 10.1. The maximum Gasteiger partial charge on any atom is 0.253 e. The van der Waals surface area contributed by atoms with Crippen molar-refractivity contribution >= 4 is 35.0 Å². The molecule has 2 nitrogen and oxygen atoms in total. The molecule has 2 aromatic rings. The Balaban J connectivity index is 0.00000112. The Morgan fingerprint density at radius 3 is 2.60 bits per heavy atom. The second-order valence-corrected chi connectivity index (χ2v) is 3.75. The van der Waals surface area contributed by atoms with E-state index in [9.17, 15) is 0 Å². The number of aromatic nitrogens is 2. The van der Waals surface area contributed by atoms with Gasteiger partial charge < -0.3 is 0 Å². The van der Waals surface area contributed by atoms with Crippen LogP contribution in [0.5, 0.6) is 0 Å². The molecular weight excluding hydrogens is 299 g/mol.